The molecule has 2 aromatic rings. The summed E-state index contributed by atoms with van der Waals surface area (Å²) in [5, 5.41) is 2.34. The summed E-state index contributed by atoms with van der Waals surface area (Å²) in [6.07, 6.45) is 0. The lowest BCUT2D eigenvalue weighted by molar-refractivity contribution is 0.390. The van der Waals surface area contributed by atoms with Crippen LogP contribution in [0.5, 0.6) is 0 Å². The van der Waals surface area contributed by atoms with Crippen LogP contribution in [0.2, 0.25) is 5.02 Å². The Morgan fingerprint density at radius 1 is 1.38 bits per heavy atom. The number of thioether (sulfide) groups is 1. The summed E-state index contributed by atoms with van der Waals surface area (Å²) < 4.78 is 4.95. The number of benzene rings is 1. The molecule has 0 radical (unpaired) electrons. The van der Waals surface area contributed by atoms with Crippen molar-refractivity contribution in [2.24, 2.45) is 0 Å². The summed E-state index contributed by atoms with van der Waals surface area (Å²) in [6.45, 7) is 2.04. The third kappa shape index (κ3) is 2.51. The molecule has 0 atom stereocenters. The summed E-state index contributed by atoms with van der Waals surface area (Å²) >= 11 is 7.32. The molecule has 0 spiro atoms. The van der Waals surface area contributed by atoms with Gasteiger partial charge in [-0.3, -0.25) is 4.79 Å². The SMILES string of the molecule is Cc1ccc(SCc2o[nH]c(=O)c2Cl)cc1. The first kappa shape index (κ1) is 11.4. The van der Waals surface area contributed by atoms with Crippen LogP contribution in [-0.2, 0) is 5.75 Å². The summed E-state index contributed by atoms with van der Waals surface area (Å²) in [6, 6.07) is 8.13. The van der Waals surface area contributed by atoms with E-state index in [9.17, 15) is 4.79 Å². The minimum atomic E-state index is -0.374. The largest absolute Gasteiger partial charge is 0.381 e. The zero-order valence-electron chi connectivity index (χ0n) is 8.62. The molecule has 16 heavy (non-hydrogen) atoms. The van der Waals surface area contributed by atoms with E-state index in [0.717, 1.165) is 4.90 Å². The molecule has 0 saturated carbocycles. The number of H-pyrrole nitrogens is 1. The number of halogens is 1. The number of rotatable bonds is 3. The highest BCUT2D eigenvalue weighted by Gasteiger charge is 2.09. The normalized spacial score (nSPS) is 10.6. The van der Waals surface area contributed by atoms with E-state index >= 15 is 0 Å². The fourth-order valence-electron chi connectivity index (χ4n) is 1.20. The lowest BCUT2D eigenvalue weighted by Gasteiger charge is -1.99. The maximum atomic E-state index is 11.0. The Labute approximate surface area is 102 Å². The van der Waals surface area contributed by atoms with Crippen LogP contribution in [0.4, 0.5) is 0 Å². The molecule has 0 aliphatic heterocycles. The van der Waals surface area contributed by atoms with E-state index in [1.54, 1.807) is 11.8 Å². The summed E-state index contributed by atoms with van der Waals surface area (Å²) in [4.78, 5) is 12.1. The van der Waals surface area contributed by atoms with Crippen molar-refractivity contribution in [3.63, 3.8) is 0 Å². The summed E-state index contributed by atoms with van der Waals surface area (Å²) in [7, 11) is 0. The number of hydrogen-bond donors (Lipinski definition) is 1. The van der Waals surface area contributed by atoms with Crippen molar-refractivity contribution in [3.8, 4) is 0 Å². The zero-order chi connectivity index (χ0) is 11.5. The van der Waals surface area contributed by atoms with Gasteiger partial charge in [-0.25, -0.2) is 0 Å². The van der Waals surface area contributed by atoms with Gasteiger partial charge in [0.15, 0.2) is 10.8 Å². The number of aromatic nitrogens is 1. The van der Waals surface area contributed by atoms with Crippen LogP contribution in [0.25, 0.3) is 0 Å². The molecule has 2 rings (SSSR count). The van der Waals surface area contributed by atoms with Gasteiger partial charge in [0, 0.05) is 4.90 Å². The van der Waals surface area contributed by atoms with Gasteiger partial charge in [-0.2, -0.15) is 5.16 Å². The molecule has 1 N–H and O–H groups in total. The zero-order valence-corrected chi connectivity index (χ0v) is 10.2. The van der Waals surface area contributed by atoms with Crippen LogP contribution in [0, 0.1) is 6.92 Å². The van der Waals surface area contributed by atoms with Crippen molar-refractivity contribution in [3.05, 3.63) is 51.0 Å². The molecule has 0 aliphatic carbocycles. The second-order valence-electron chi connectivity index (χ2n) is 3.37. The average Bonchev–Trinajstić information content (AvgIpc) is 2.60. The van der Waals surface area contributed by atoms with Crippen LogP contribution >= 0.6 is 23.4 Å². The topological polar surface area (TPSA) is 46.0 Å². The van der Waals surface area contributed by atoms with Gasteiger partial charge in [-0.05, 0) is 19.1 Å². The van der Waals surface area contributed by atoms with Gasteiger partial charge in [0.05, 0.1) is 5.75 Å². The smallest absolute Gasteiger partial charge is 0.298 e. The fourth-order valence-corrected chi connectivity index (χ4v) is 2.25. The van der Waals surface area contributed by atoms with E-state index in [0.29, 0.717) is 11.5 Å². The molecule has 0 fully saturated rings. The lowest BCUT2D eigenvalue weighted by Crippen LogP contribution is -1.96. The van der Waals surface area contributed by atoms with Crippen molar-refractivity contribution in [2.45, 2.75) is 17.6 Å². The van der Waals surface area contributed by atoms with Crippen LogP contribution in [-0.4, -0.2) is 5.16 Å². The molecule has 0 aliphatic rings. The van der Waals surface area contributed by atoms with E-state index < -0.39 is 0 Å². The van der Waals surface area contributed by atoms with Crippen LogP contribution in [0.3, 0.4) is 0 Å². The Balaban J connectivity index is 2.05. The van der Waals surface area contributed by atoms with Gasteiger partial charge in [0.1, 0.15) is 0 Å². The highest BCUT2D eigenvalue weighted by Crippen LogP contribution is 2.25. The molecule has 3 nitrogen and oxygen atoms in total. The minimum Gasteiger partial charge on any atom is -0.381 e. The molecule has 0 saturated heterocycles. The lowest BCUT2D eigenvalue weighted by atomic mass is 10.2. The third-order valence-corrected chi connectivity index (χ3v) is 3.50. The van der Waals surface area contributed by atoms with Crippen molar-refractivity contribution >= 4 is 23.4 Å². The maximum absolute atomic E-state index is 11.0. The molecular weight excluding hydrogens is 246 g/mol. The number of aromatic amines is 1. The predicted molar refractivity (Wildman–Crippen MR) is 65.1 cm³/mol. The molecule has 1 aromatic heterocycles. The highest BCUT2D eigenvalue weighted by atomic mass is 35.5. The molecule has 1 heterocycles. The molecule has 0 unspecified atom stereocenters. The molecule has 84 valence electrons. The van der Waals surface area contributed by atoms with Crippen molar-refractivity contribution in [2.75, 3.05) is 0 Å². The van der Waals surface area contributed by atoms with Crippen molar-refractivity contribution < 1.29 is 4.52 Å². The van der Waals surface area contributed by atoms with Gasteiger partial charge in [-0.1, -0.05) is 29.3 Å². The molecule has 0 bridgehead atoms. The Hall–Kier alpha value is -1.13. The van der Waals surface area contributed by atoms with E-state index in [-0.39, 0.29) is 10.6 Å². The first-order valence-electron chi connectivity index (χ1n) is 4.72. The van der Waals surface area contributed by atoms with Gasteiger partial charge in [0.25, 0.3) is 5.56 Å². The number of nitrogens with one attached hydrogen (secondary N) is 1. The minimum absolute atomic E-state index is 0.139. The second kappa shape index (κ2) is 4.80. The van der Waals surface area contributed by atoms with Crippen LogP contribution < -0.4 is 5.56 Å². The Bertz CT molecular complexity index is 530. The predicted octanol–water partition coefficient (Wildman–Crippen LogP) is 3.22. The second-order valence-corrected chi connectivity index (χ2v) is 4.80. The van der Waals surface area contributed by atoms with E-state index in [1.165, 1.54) is 5.56 Å². The summed E-state index contributed by atoms with van der Waals surface area (Å²) in [5.41, 5.74) is 0.844. The molecule has 5 heteroatoms. The Morgan fingerprint density at radius 3 is 2.62 bits per heavy atom. The first-order valence-corrected chi connectivity index (χ1v) is 6.08. The average molecular weight is 256 g/mol. The maximum Gasteiger partial charge on any atom is 0.298 e. The standard InChI is InChI=1S/C11H10ClNO2S/c1-7-2-4-8(5-3-7)16-6-9-10(12)11(14)13-15-9/h2-5H,6H2,1H3,(H,13,14). The van der Waals surface area contributed by atoms with Crippen LogP contribution in [0.15, 0.2) is 38.5 Å². The Kier molecular flexibility index (Phi) is 3.41. The first-order chi connectivity index (χ1) is 7.66. The fraction of sp³-hybridized carbons (Fsp3) is 0.182. The quantitative estimate of drug-likeness (QED) is 0.857. The monoisotopic (exact) mass is 255 g/mol. The van der Waals surface area contributed by atoms with Gasteiger partial charge < -0.3 is 4.52 Å². The van der Waals surface area contributed by atoms with Gasteiger partial charge in [-0.15, -0.1) is 11.8 Å². The third-order valence-electron chi connectivity index (χ3n) is 2.10. The van der Waals surface area contributed by atoms with Crippen molar-refractivity contribution in [1.29, 1.82) is 0 Å². The molecule has 1 aromatic carbocycles. The van der Waals surface area contributed by atoms with E-state index in [1.807, 2.05) is 31.2 Å². The number of hydrogen-bond acceptors (Lipinski definition) is 3. The highest BCUT2D eigenvalue weighted by molar-refractivity contribution is 7.98. The van der Waals surface area contributed by atoms with Gasteiger partial charge >= 0.3 is 0 Å². The van der Waals surface area contributed by atoms with Crippen LogP contribution in [0.1, 0.15) is 11.3 Å². The molecule has 0 amide bonds. The Morgan fingerprint density at radius 2 is 2.06 bits per heavy atom. The van der Waals surface area contributed by atoms with E-state index in [4.69, 9.17) is 16.1 Å². The van der Waals surface area contributed by atoms with Crippen molar-refractivity contribution in [1.82, 2.24) is 5.16 Å². The van der Waals surface area contributed by atoms with E-state index in [2.05, 4.69) is 5.16 Å². The molecular formula is C11H10ClNO2S. The number of aryl methyl sites for hydroxylation is 1. The van der Waals surface area contributed by atoms with Gasteiger partial charge in [0.2, 0.25) is 0 Å². The summed E-state index contributed by atoms with van der Waals surface area (Å²) in [5.74, 6) is 1.03.